The highest BCUT2D eigenvalue weighted by Crippen LogP contribution is 2.35. The summed E-state index contributed by atoms with van der Waals surface area (Å²) >= 11 is 5.32. The number of methoxy groups -OCH3 is 1. The van der Waals surface area contributed by atoms with Crippen LogP contribution in [0.3, 0.4) is 0 Å². The van der Waals surface area contributed by atoms with E-state index in [1.165, 1.54) is 4.88 Å². The van der Waals surface area contributed by atoms with Gasteiger partial charge in [-0.2, -0.15) is 0 Å². The van der Waals surface area contributed by atoms with Crippen LogP contribution in [0.2, 0.25) is 0 Å². The molecule has 0 fully saturated rings. The molecule has 0 radical (unpaired) electrons. The summed E-state index contributed by atoms with van der Waals surface area (Å²) in [6.07, 6.45) is 2.88. The number of hydrogen-bond donors (Lipinski definition) is 1. The van der Waals surface area contributed by atoms with Gasteiger partial charge in [0, 0.05) is 15.5 Å². The summed E-state index contributed by atoms with van der Waals surface area (Å²) in [6, 6.07) is 5.97. The molecule has 2 heterocycles. The highest BCUT2D eigenvalue weighted by atomic mass is 79.9. The molecule has 0 bridgehead atoms. The number of ether oxygens (including phenoxy) is 1. The quantitative estimate of drug-likeness (QED) is 0.862. The minimum absolute atomic E-state index is 0.0606. The fourth-order valence-corrected chi connectivity index (χ4v) is 3.58. The van der Waals surface area contributed by atoms with E-state index in [2.05, 4.69) is 44.6 Å². The largest absolute Gasteiger partial charge is 0.495 e. The average molecular weight is 341 g/mol. The van der Waals surface area contributed by atoms with Crippen LogP contribution in [-0.2, 0) is 0 Å². The van der Waals surface area contributed by atoms with E-state index in [0.29, 0.717) is 0 Å². The van der Waals surface area contributed by atoms with Gasteiger partial charge in [-0.3, -0.25) is 4.98 Å². The SMILES string of the molecule is CCCNC(c1ncccc1OC)c1sccc1Br. The molecule has 1 unspecified atom stereocenters. The average Bonchev–Trinajstić information content (AvgIpc) is 2.86. The molecule has 0 amide bonds. The number of aromatic nitrogens is 1. The first-order chi connectivity index (χ1) is 9.27. The molecule has 0 aliphatic carbocycles. The Hall–Kier alpha value is -0.910. The van der Waals surface area contributed by atoms with Crippen LogP contribution < -0.4 is 10.1 Å². The van der Waals surface area contributed by atoms with Crippen molar-refractivity contribution in [1.82, 2.24) is 10.3 Å². The normalized spacial score (nSPS) is 12.4. The van der Waals surface area contributed by atoms with E-state index in [-0.39, 0.29) is 6.04 Å². The van der Waals surface area contributed by atoms with Crippen LogP contribution in [0.5, 0.6) is 5.75 Å². The zero-order valence-corrected chi connectivity index (χ0v) is 13.4. The molecule has 3 nitrogen and oxygen atoms in total. The second kappa shape index (κ2) is 7.03. The van der Waals surface area contributed by atoms with Gasteiger partial charge in [0.1, 0.15) is 11.4 Å². The molecule has 102 valence electrons. The summed E-state index contributed by atoms with van der Waals surface area (Å²) < 4.78 is 6.54. The molecule has 0 aliphatic rings. The molecule has 0 saturated heterocycles. The van der Waals surface area contributed by atoms with Gasteiger partial charge in [-0.1, -0.05) is 6.92 Å². The predicted molar refractivity (Wildman–Crippen MR) is 82.9 cm³/mol. The van der Waals surface area contributed by atoms with Gasteiger partial charge >= 0.3 is 0 Å². The summed E-state index contributed by atoms with van der Waals surface area (Å²) in [5, 5.41) is 5.62. The Morgan fingerprint density at radius 1 is 1.47 bits per heavy atom. The van der Waals surface area contributed by atoms with Gasteiger partial charge in [-0.15, -0.1) is 11.3 Å². The van der Waals surface area contributed by atoms with Gasteiger partial charge in [-0.25, -0.2) is 0 Å². The van der Waals surface area contributed by atoms with Crippen molar-refractivity contribution >= 4 is 27.3 Å². The van der Waals surface area contributed by atoms with Crippen molar-refractivity contribution in [3.8, 4) is 5.75 Å². The Balaban J connectivity index is 2.40. The summed E-state index contributed by atoms with van der Waals surface area (Å²) in [4.78, 5) is 5.73. The molecule has 19 heavy (non-hydrogen) atoms. The van der Waals surface area contributed by atoms with Gasteiger partial charge < -0.3 is 10.1 Å². The van der Waals surface area contributed by atoms with Crippen LogP contribution in [0.25, 0.3) is 0 Å². The first-order valence-electron chi connectivity index (χ1n) is 6.23. The summed E-state index contributed by atoms with van der Waals surface area (Å²) in [5.74, 6) is 0.816. The van der Waals surface area contributed by atoms with Crippen molar-refractivity contribution in [1.29, 1.82) is 0 Å². The van der Waals surface area contributed by atoms with Crippen LogP contribution in [-0.4, -0.2) is 18.6 Å². The van der Waals surface area contributed by atoms with Gasteiger partial charge in [0.15, 0.2) is 0 Å². The molecule has 0 aliphatic heterocycles. The highest BCUT2D eigenvalue weighted by molar-refractivity contribution is 9.10. The van der Waals surface area contributed by atoms with Crippen LogP contribution in [0.1, 0.15) is 30.0 Å². The maximum atomic E-state index is 5.43. The maximum absolute atomic E-state index is 5.43. The summed E-state index contributed by atoms with van der Waals surface area (Å²) in [7, 11) is 1.68. The van der Waals surface area contributed by atoms with Crippen molar-refractivity contribution in [2.45, 2.75) is 19.4 Å². The number of thiophene rings is 1. The lowest BCUT2D eigenvalue weighted by molar-refractivity contribution is 0.400. The van der Waals surface area contributed by atoms with Crippen molar-refractivity contribution in [3.05, 3.63) is 44.8 Å². The molecule has 2 aromatic heterocycles. The lowest BCUT2D eigenvalue weighted by Crippen LogP contribution is -2.24. The Kier molecular flexibility index (Phi) is 5.36. The molecule has 1 N–H and O–H groups in total. The Labute approximate surface area is 126 Å². The Bertz CT molecular complexity index is 530. The first-order valence-corrected chi connectivity index (χ1v) is 7.90. The second-order valence-corrected chi connectivity index (χ2v) is 5.91. The summed E-state index contributed by atoms with van der Waals surface area (Å²) in [6.45, 7) is 3.10. The number of nitrogens with one attached hydrogen (secondary N) is 1. The van der Waals surface area contributed by atoms with Crippen LogP contribution in [0.4, 0.5) is 0 Å². The first kappa shape index (κ1) is 14.5. The van der Waals surface area contributed by atoms with Crippen LogP contribution in [0.15, 0.2) is 34.2 Å². The number of hydrogen-bond acceptors (Lipinski definition) is 4. The minimum atomic E-state index is 0.0606. The number of pyridine rings is 1. The molecule has 2 rings (SSSR count). The molecule has 1 atom stereocenters. The maximum Gasteiger partial charge on any atom is 0.142 e. The predicted octanol–water partition coefficient (Wildman–Crippen LogP) is 4.00. The van der Waals surface area contributed by atoms with Gasteiger partial charge in [0.05, 0.1) is 13.2 Å². The van der Waals surface area contributed by atoms with E-state index in [1.54, 1.807) is 24.6 Å². The van der Waals surface area contributed by atoms with E-state index in [0.717, 1.165) is 28.9 Å². The fraction of sp³-hybridized carbons (Fsp3) is 0.357. The van der Waals surface area contributed by atoms with E-state index >= 15 is 0 Å². The second-order valence-electron chi connectivity index (χ2n) is 4.11. The van der Waals surface area contributed by atoms with Crippen molar-refractivity contribution in [2.24, 2.45) is 0 Å². The van der Waals surface area contributed by atoms with Crippen molar-refractivity contribution in [3.63, 3.8) is 0 Å². The van der Waals surface area contributed by atoms with Gasteiger partial charge in [0.2, 0.25) is 0 Å². The van der Waals surface area contributed by atoms with E-state index in [4.69, 9.17) is 4.74 Å². The third-order valence-electron chi connectivity index (χ3n) is 2.80. The van der Waals surface area contributed by atoms with Crippen molar-refractivity contribution < 1.29 is 4.74 Å². The minimum Gasteiger partial charge on any atom is -0.495 e. The molecule has 2 aromatic rings. The Morgan fingerprint density at radius 3 is 2.95 bits per heavy atom. The topological polar surface area (TPSA) is 34.2 Å². The summed E-state index contributed by atoms with van der Waals surface area (Å²) in [5.41, 5.74) is 0.932. The Morgan fingerprint density at radius 2 is 2.32 bits per heavy atom. The highest BCUT2D eigenvalue weighted by Gasteiger charge is 2.22. The molecule has 5 heteroatoms. The molecular formula is C14H17BrN2OS. The van der Waals surface area contributed by atoms with Crippen LogP contribution in [0, 0.1) is 0 Å². The zero-order chi connectivity index (χ0) is 13.7. The third kappa shape index (κ3) is 3.35. The van der Waals surface area contributed by atoms with E-state index in [9.17, 15) is 0 Å². The van der Waals surface area contributed by atoms with E-state index < -0.39 is 0 Å². The lowest BCUT2D eigenvalue weighted by atomic mass is 10.1. The molecule has 0 saturated carbocycles. The lowest BCUT2D eigenvalue weighted by Gasteiger charge is -2.19. The fourth-order valence-electron chi connectivity index (χ4n) is 1.91. The number of nitrogens with zero attached hydrogens (tertiary/aromatic N) is 1. The molecule has 0 aromatic carbocycles. The zero-order valence-electron chi connectivity index (χ0n) is 11.0. The van der Waals surface area contributed by atoms with Crippen LogP contribution >= 0.6 is 27.3 Å². The van der Waals surface area contributed by atoms with E-state index in [1.807, 2.05) is 12.1 Å². The number of rotatable bonds is 6. The number of halogens is 1. The van der Waals surface area contributed by atoms with Gasteiger partial charge in [0.25, 0.3) is 0 Å². The van der Waals surface area contributed by atoms with Gasteiger partial charge in [-0.05, 0) is 52.5 Å². The molecule has 0 spiro atoms. The standard InChI is InChI=1S/C14H17BrN2OS/c1-3-7-16-13(14-10(15)6-9-19-14)12-11(18-2)5-4-8-17-12/h4-6,8-9,13,16H,3,7H2,1-2H3. The third-order valence-corrected chi connectivity index (χ3v) is 4.73. The monoisotopic (exact) mass is 340 g/mol. The molecular weight excluding hydrogens is 324 g/mol. The van der Waals surface area contributed by atoms with Crippen molar-refractivity contribution in [2.75, 3.05) is 13.7 Å². The smallest absolute Gasteiger partial charge is 0.142 e.